The Morgan fingerprint density at radius 3 is 2.92 bits per heavy atom. The Kier molecular flexibility index (Phi) is 4.53. The molecule has 1 saturated heterocycles. The van der Waals surface area contributed by atoms with Crippen LogP contribution in [0, 0.1) is 6.92 Å². The molecule has 1 unspecified atom stereocenters. The maximum atomic E-state index is 12.9. The van der Waals surface area contributed by atoms with E-state index < -0.39 is 0 Å². The minimum Gasteiger partial charge on any atom is -0.361 e. The van der Waals surface area contributed by atoms with Gasteiger partial charge in [0.05, 0.1) is 0 Å². The Balaban J connectivity index is 1.50. The van der Waals surface area contributed by atoms with E-state index in [1.54, 1.807) is 0 Å². The standard InChI is InChI=1S/C21H22N2OS/c1-15-4-2-3-5-18(15)20-9-11-23(12-13-25-20)21(24)17-6-7-19-16(14-17)8-10-22-19/h2-8,10,14,20,22H,9,11-13H2,1H3. The zero-order valence-corrected chi connectivity index (χ0v) is 15.2. The predicted molar refractivity (Wildman–Crippen MR) is 105 cm³/mol. The topological polar surface area (TPSA) is 36.1 Å². The molecule has 0 spiro atoms. The van der Waals surface area contributed by atoms with Crippen LogP contribution in [0.1, 0.15) is 33.2 Å². The summed E-state index contributed by atoms with van der Waals surface area (Å²) in [7, 11) is 0. The number of hydrogen-bond donors (Lipinski definition) is 1. The van der Waals surface area contributed by atoms with Crippen LogP contribution in [0.5, 0.6) is 0 Å². The van der Waals surface area contributed by atoms with Gasteiger partial charge in [-0.3, -0.25) is 4.79 Å². The lowest BCUT2D eigenvalue weighted by atomic mass is 10.0. The Morgan fingerprint density at radius 1 is 1.16 bits per heavy atom. The Morgan fingerprint density at radius 2 is 2.04 bits per heavy atom. The van der Waals surface area contributed by atoms with Crippen molar-refractivity contribution in [2.24, 2.45) is 0 Å². The summed E-state index contributed by atoms with van der Waals surface area (Å²) < 4.78 is 0. The van der Waals surface area contributed by atoms with E-state index in [4.69, 9.17) is 0 Å². The maximum absolute atomic E-state index is 12.9. The fourth-order valence-corrected chi connectivity index (χ4v) is 4.87. The SMILES string of the molecule is Cc1ccccc1C1CCN(C(=O)c2ccc3[nH]ccc3c2)CCS1. The molecule has 0 radical (unpaired) electrons. The molecule has 25 heavy (non-hydrogen) atoms. The lowest BCUT2D eigenvalue weighted by molar-refractivity contribution is 0.0767. The summed E-state index contributed by atoms with van der Waals surface area (Å²) in [6, 6.07) is 16.5. The van der Waals surface area contributed by atoms with E-state index >= 15 is 0 Å². The van der Waals surface area contributed by atoms with Crippen molar-refractivity contribution >= 4 is 28.6 Å². The molecular formula is C21H22N2OS. The number of rotatable bonds is 2. The number of aromatic amines is 1. The van der Waals surface area contributed by atoms with Crippen LogP contribution >= 0.6 is 11.8 Å². The molecule has 1 fully saturated rings. The number of benzene rings is 2. The first-order valence-corrected chi connectivity index (χ1v) is 9.81. The quantitative estimate of drug-likeness (QED) is 0.721. The van der Waals surface area contributed by atoms with Gasteiger partial charge in [-0.15, -0.1) is 0 Å². The molecule has 1 aliphatic rings. The lowest BCUT2D eigenvalue weighted by Crippen LogP contribution is -2.32. The summed E-state index contributed by atoms with van der Waals surface area (Å²) in [5.41, 5.74) is 4.61. The summed E-state index contributed by atoms with van der Waals surface area (Å²) in [6.45, 7) is 3.81. The largest absolute Gasteiger partial charge is 0.361 e. The van der Waals surface area contributed by atoms with Gasteiger partial charge in [-0.1, -0.05) is 24.3 Å². The molecule has 1 aromatic heterocycles. The molecule has 128 valence electrons. The molecule has 0 aliphatic carbocycles. The number of amides is 1. The van der Waals surface area contributed by atoms with Crippen molar-refractivity contribution in [2.75, 3.05) is 18.8 Å². The lowest BCUT2D eigenvalue weighted by Gasteiger charge is -2.21. The van der Waals surface area contributed by atoms with E-state index in [0.29, 0.717) is 5.25 Å². The van der Waals surface area contributed by atoms with Gasteiger partial charge in [0, 0.05) is 46.8 Å². The number of carbonyl (C=O) groups is 1. The number of thioether (sulfide) groups is 1. The van der Waals surface area contributed by atoms with Gasteiger partial charge in [-0.05, 0) is 48.7 Å². The van der Waals surface area contributed by atoms with E-state index in [1.807, 2.05) is 47.1 Å². The first-order chi connectivity index (χ1) is 12.2. The minimum atomic E-state index is 0.147. The van der Waals surface area contributed by atoms with Crippen LogP contribution in [-0.4, -0.2) is 34.6 Å². The minimum absolute atomic E-state index is 0.147. The third-order valence-electron chi connectivity index (χ3n) is 4.96. The van der Waals surface area contributed by atoms with Crippen LogP contribution in [0.25, 0.3) is 10.9 Å². The number of fused-ring (bicyclic) bond motifs is 1. The molecule has 4 heteroatoms. The van der Waals surface area contributed by atoms with E-state index in [2.05, 4.69) is 36.2 Å². The molecule has 3 nitrogen and oxygen atoms in total. The molecule has 1 aliphatic heterocycles. The molecule has 4 rings (SSSR count). The molecule has 2 heterocycles. The molecule has 0 saturated carbocycles. The van der Waals surface area contributed by atoms with E-state index in [9.17, 15) is 4.79 Å². The van der Waals surface area contributed by atoms with Gasteiger partial charge < -0.3 is 9.88 Å². The first kappa shape index (κ1) is 16.3. The highest BCUT2D eigenvalue weighted by Gasteiger charge is 2.23. The van der Waals surface area contributed by atoms with Crippen molar-refractivity contribution in [2.45, 2.75) is 18.6 Å². The number of carbonyl (C=O) groups excluding carboxylic acids is 1. The highest BCUT2D eigenvalue weighted by atomic mass is 32.2. The van der Waals surface area contributed by atoms with Crippen molar-refractivity contribution in [3.8, 4) is 0 Å². The van der Waals surface area contributed by atoms with Gasteiger partial charge >= 0.3 is 0 Å². The van der Waals surface area contributed by atoms with E-state index in [0.717, 1.165) is 41.7 Å². The van der Waals surface area contributed by atoms with Crippen molar-refractivity contribution in [1.82, 2.24) is 9.88 Å². The van der Waals surface area contributed by atoms with Gasteiger partial charge in [0.25, 0.3) is 5.91 Å². The summed E-state index contributed by atoms with van der Waals surface area (Å²) in [6.07, 6.45) is 2.92. The second-order valence-corrected chi connectivity index (χ2v) is 7.89. The Bertz CT molecular complexity index is 902. The highest BCUT2D eigenvalue weighted by Crippen LogP contribution is 2.36. The summed E-state index contributed by atoms with van der Waals surface area (Å²) >= 11 is 1.97. The fraction of sp³-hybridized carbons (Fsp3) is 0.286. The molecule has 0 bridgehead atoms. The Labute approximate surface area is 152 Å². The van der Waals surface area contributed by atoms with Gasteiger partial charge in [0.2, 0.25) is 0 Å². The zero-order chi connectivity index (χ0) is 17.2. The van der Waals surface area contributed by atoms with Crippen molar-refractivity contribution in [3.05, 3.63) is 71.4 Å². The molecule has 1 amide bonds. The molecular weight excluding hydrogens is 328 g/mol. The predicted octanol–water partition coefficient (Wildman–Crippen LogP) is 4.80. The van der Waals surface area contributed by atoms with Crippen LogP contribution < -0.4 is 0 Å². The van der Waals surface area contributed by atoms with Crippen LogP contribution in [0.4, 0.5) is 0 Å². The molecule has 3 aromatic rings. The maximum Gasteiger partial charge on any atom is 0.253 e. The Hall–Kier alpha value is -2.20. The van der Waals surface area contributed by atoms with Gasteiger partial charge in [0.15, 0.2) is 0 Å². The van der Waals surface area contributed by atoms with Crippen LogP contribution in [0.15, 0.2) is 54.7 Å². The number of nitrogens with zero attached hydrogens (tertiary/aromatic N) is 1. The monoisotopic (exact) mass is 350 g/mol. The number of hydrogen-bond acceptors (Lipinski definition) is 2. The van der Waals surface area contributed by atoms with Crippen molar-refractivity contribution in [3.63, 3.8) is 0 Å². The number of H-pyrrole nitrogens is 1. The number of aryl methyl sites for hydroxylation is 1. The summed E-state index contributed by atoms with van der Waals surface area (Å²) in [5.74, 6) is 1.13. The highest BCUT2D eigenvalue weighted by molar-refractivity contribution is 7.99. The fourth-order valence-electron chi connectivity index (χ4n) is 3.54. The van der Waals surface area contributed by atoms with Gasteiger partial charge in [0.1, 0.15) is 0 Å². The normalized spacial score (nSPS) is 18.3. The van der Waals surface area contributed by atoms with E-state index in [-0.39, 0.29) is 5.91 Å². The molecule has 1 N–H and O–H groups in total. The van der Waals surface area contributed by atoms with Crippen molar-refractivity contribution in [1.29, 1.82) is 0 Å². The molecule has 1 atom stereocenters. The van der Waals surface area contributed by atoms with Crippen molar-refractivity contribution < 1.29 is 4.79 Å². The van der Waals surface area contributed by atoms with Gasteiger partial charge in [-0.25, -0.2) is 0 Å². The summed E-state index contributed by atoms with van der Waals surface area (Å²) in [5, 5.41) is 1.57. The molecule has 2 aromatic carbocycles. The summed E-state index contributed by atoms with van der Waals surface area (Å²) in [4.78, 5) is 18.1. The number of nitrogens with one attached hydrogen (secondary N) is 1. The number of aromatic nitrogens is 1. The second-order valence-electron chi connectivity index (χ2n) is 6.58. The average Bonchev–Trinajstić information content (AvgIpc) is 2.97. The van der Waals surface area contributed by atoms with Crippen LogP contribution in [-0.2, 0) is 0 Å². The van der Waals surface area contributed by atoms with Gasteiger partial charge in [-0.2, -0.15) is 11.8 Å². The third kappa shape index (κ3) is 3.31. The first-order valence-electron chi connectivity index (χ1n) is 8.76. The van der Waals surface area contributed by atoms with Crippen LogP contribution in [0.3, 0.4) is 0 Å². The van der Waals surface area contributed by atoms with Crippen LogP contribution in [0.2, 0.25) is 0 Å². The second kappa shape index (κ2) is 6.96. The smallest absolute Gasteiger partial charge is 0.253 e. The third-order valence-corrected chi connectivity index (χ3v) is 6.27. The zero-order valence-electron chi connectivity index (χ0n) is 14.4. The van der Waals surface area contributed by atoms with E-state index in [1.165, 1.54) is 11.1 Å². The average molecular weight is 350 g/mol.